The Morgan fingerprint density at radius 2 is 1.96 bits per heavy atom. The van der Waals surface area contributed by atoms with Gasteiger partial charge in [0.1, 0.15) is 23.0 Å². The zero-order valence-corrected chi connectivity index (χ0v) is 15.2. The number of carbonyl (C=O) groups excluding carboxylic acids is 1. The van der Waals surface area contributed by atoms with Crippen molar-refractivity contribution >= 4 is 11.9 Å². The van der Waals surface area contributed by atoms with Gasteiger partial charge in [0, 0.05) is 12.6 Å². The Morgan fingerprint density at radius 3 is 2.65 bits per heavy atom. The Bertz CT molecular complexity index is 888. The van der Waals surface area contributed by atoms with E-state index < -0.39 is 0 Å². The molecule has 2 aliphatic rings. The second-order valence-electron chi connectivity index (χ2n) is 7.12. The number of hydrogen-bond acceptors (Lipinski definition) is 5. The van der Waals surface area contributed by atoms with Crippen LogP contribution in [0.25, 0.3) is 6.08 Å². The van der Waals surface area contributed by atoms with Crippen LogP contribution >= 0.6 is 0 Å². The summed E-state index contributed by atoms with van der Waals surface area (Å²) in [6, 6.07) is 5.32. The number of ketones is 1. The van der Waals surface area contributed by atoms with Gasteiger partial charge >= 0.3 is 0 Å². The number of rotatable bonds is 3. The zero-order chi connectivity index (χ0) is 18.3. The summed E-state index contributed by atoms with van der Waals surface area (Å²) in [6.45, 7) is 6.28. The van der Waals surface area contributed by atoms with Gasteiger partial charge in [-0.25, -0.2) is 0 Å². The van der Waals surface area contributed by atoms with Gasteiger partial charge in [-0.15, -0.1) is 0 Å². The SMILES string of the molecule is Cc1ccc(/C=C2\Oc3c(CN4CCCCC4)c(O)cc(C)c3C2=O)o1. The minimum atomic E-state index is -0.161. The van der Waals surface area contributed by atoms with Gasteiger partial charge in [-0.1, -0.05) is 6.42 Å². The Morgan fingerprint density at radius 1 is 1.19 bits per heavy atom. The largest absolute Gasteiger partial charge is 0.507 e. The number of phenols is 1. The number of aryl methyl sites for hydroxylation is 2. The van der Waals surface area contributed by atoms with Crippen molar-refractivity contribution in [3.8, 4) is 11.5 Å². The minimum Gasteiger partial charge on any atom is -0.507 e. The molecule has 0 unspecified atom stereocenters. The van der Waals surface area contributed by atoms with Crippen LogP contribution in [0.1, 0.15) is 52.3 Å². The predicted molar refractivity (Wildman–Crippen MR) is 98.4 cm³/mol. The summed E-state index contributed by atoms with van der Waals surface area (Å²) < 4.78 is 11.5. The molecule has 0 bridgehead atoms. The summed E-state index contributed by atoms with van der Waals surface area (Å²) in [4.78, 5) is 15.2. The van der Waals surface area contributed by atoms with Gasteiger partial charge in [-0.3, -0.25) is 9.69 Å². The Balaban J connectivity index is 1.70. The molecule has 0 saturated carbocycles. The van der Waals surface area contributed by atoms with Crippen molar-refractivity contribution < 1.29 is 19.1 Å². The van der Waals surface area contributed by atoms with Crippen LogP contribution in [-0.4, -0.2) is 28.9 Å². The van der Waals surface area contributed by atoms with Crippen molar-refractivity contribution in [3.05, 3.63) is 52.2 Å². The molecule has 0 amide bonds. The van der Waals surface area contributed by atoms with Gasteiger partial charge in [-0.2, -0.15) is 0 Å². The maximum absolute atomic E-state index is 12.9. The van der Waals surface area contributed by atoms with Crippen LogP contribution in [0.2, 0.25) is 0 Å². The maximum Gasteiger partial charge on any atom is 0.232 e. The molecule has 1 saturated heterocycles. The van der Waals surface area contributed by atoms with Crippen LogP contribution in [0.5, 0.6) is 11.5 Å². The normalized spacial score (nSPS) is 19.0. The molecule has 0 atom stereocenters. The highest BCUT2D eigenvalue weighted by molar-refractivity contribution is 6.15. The van der Waals surface area contributed by atoms with E-state index in [-0.39, 0.29) is 17.3 Å². The van der Waals surface area contributed by atoms with Crippen LogP contribution in [-0.2, 0) is 6.54 Å². The summed E-state index contributed by atoms with van der Waals surface area (Å²) >= 11 is 0. The second-order valence-corrected chi connectivity index (χ2v) is 7.12. The summed E-state index contributed by atoms with van der Waals surface area (Å²) in [6.07, 6.45) is 5.20. The van der Waals surface area contributed by atoms with Gasteiger partial charge in [0.25, 0.3) is 0 Å². The van der Waals surface area contributed by atoms with Crippen LogP contribution in [0.15, 0.2) is 28.4 Å². The van der Waals surface area contributed by atoms with E-state index in [0.717, 1.165) is 37.3 Å². The average molecular weight is 353 g/mol. The highest BCUT2D eigenvalue weighted by atomic mass is 16.5. The Labute approximate surface area is 152 Å². The van der Waals surface area contributed by atoms with Crippen molar-refractivity contribution in [2.45, 2.75) is 39.7 Å². The van der Waals surface area contributed by atoms with Crippen molar-refractivity contribution in [1.82, 2.24) is 4.90 Å². The lowest BCUT2D eigenvalue weighted by molar-refractivity contribution is 0.101. The number of aromatic hydroxyl groups is 1. The van der Waals surface area contributed by atoms with Gasteiger partial charge < -0.3 is 14.3 Å². The molecule has 2 aliphatic heterocycles. The monoisotopic (exact) mass is 353 g/mol. The number of piperidine rings is 1. The first kappa shape index (κ1) is 16.9. The van der Waals surface area contributed by atoms with E-state index in [1.807, 2.05) is 19.9 Å². The van der Waals surface area contributed by atoms with Gasteiger partial charge in [0.15, 0.2) is 5.76 Å². The van der Waals surface area contributed by atoms with E-state index in [1.165, 1.54) is 6.42 Å². The highest BCUT2D eigenvalue weighted by Gasteiger charge is 2.34. The molecule has 1 N–H and O–H groups in total. The highest BCUT2D eigenvalue weighted by Crippen LogP contribution is 2.42. The molecule has 0 aliphatic carbocycles. The van der Waals surface area contributed by atoms with Crippen molar-refractivity contribution in [2.75, 3.05) is 13.1 Å². The lowest BCUT2D eigenvalue weighted by atomic mass is 9.99. The Hall–Kier alpha value is -2.53. The molecule has 5 heteroatoms. The molecule has 26 heavy (non-hydrogen) atoms. The number of nitrogens with zero attached hydrogens (tertiary/aromatic N) is 1. The average Bonchev–Trinajstić information content (AvgIpc) is 3.17. The van der Waals surface area contributed by atoms with E-state index >= 15 is 0 Å². The standard InChI is InChI=1S/C21H23NO4/c1-13-10-17(23)16(12-22-8-4-3-5-9-22)21-19(13)20(24)18(26-21)11-15-7-6-14(2)25-15/h6-7,10-11,23H,3-5,8-9,12H2,1-2H3/b18-11-. The summed E-state index contributed by atoms with van der Waals surface area (Å²) in [5, 5.41) is 10.5. The van der Waals surface area contributed by atoms with Gasteiger partial charge in [0.2, 0.25) is 5.78 Å². The first-order chi connectivity index (χ1) is 12.5. The lowest BCUT2D eigenvalue weighted by Gasteiger charge is -2.27. The molecular formula is C21H23NO4. The number of furan rings is 1. The topological polar surface area (TPSA) is 62.9 Å². The van der Waals surface area contributed by atoms with Crippen molar-refractivity contribution in [3.63, 3.8) is 0 Å². The summed E-state index contributed by atoms with van der Waals surface area (Å²) in [5.74, 6) is 2.12. The van der Waals surface area contributed by atoms with E-state index in [9.17, 15) is 9.90 Å². The summed E-state index contributed by atoms with van der Waals surface area (Å²) in [7, 11) is 0. The number of benzene rings is 1. The van der Waals surface area contributed by atoms with Gasteiger partial charge in [0.05, 0.1) is 11.1 Å². The fourth-order valence-electron chi connectivity index (χ4n) is 3.73. The molecule has 3 heterocycles. The van der Waals surface area contributed by atoms with E-state index in [4.69, 9.17) is 9.15 Å². The van der Waals surface area contributed by atoms with Crippen molar-refractivity contribution in [2.24, 2.45) is 0 Å². The number of Topliss-reactive ketones (excluding diaryl/α,β-unsaturated/α-hetero) is 1. The Kier molecular flexibility index (Phi) is 4.32. The lowest BCUT2D eigenvalue weighted by Crippen LogP contribution is -2.29. The molecular weight excluding hydrogens is 330 g/mol. The predicted octanol–water partition coefficient (Wildman–Crippen LogP) is 4.20. The van der Waals surface area contributed by atoms with Crippen LogP contribution < -0.4 is 4.74 Å². The fourth-order valence-corrected chi connectivity index (χ4v) is 3.73. The number of fused-ring (bicyclic) bond motifs is 1. The summed E-state index contributed by atoms with van der Waals surface area (Å²) in [5.41, 5.74) is 1.97. The quantitative estimate of drug-likeness (QED) is 0.838. The minimum absolute atomic E-state index is 0.161. The molecule has 5 nitrogen and oxygen atoms in total. The fraction of sp³-hybridized carbons (Fsp3) is 0.381. The molecule has 0 radical (unpaired) electrons. The number of carbonyl (C=O) groups is 1. The number of allylic oxidation sites excluding steroid dienone is 1. The smallest absolute Gasteiger partial charge is 0.232 e. The molecule has 0 spiro atoms. The van der Waals surface area contributed by atoms with Crippen LogP contribution in [0, 0.1) is 13.8 Å². The second kappa shape index (κ2) is 6.65. The molecule has 4 rings (SSSR count). The molecule has 1 fully saturated rings. The van der Waals surface area contributed by atoms with E-state index in [0.29, 0.717) is 29.2 Å². The molecule has 1 aromatic heterocycles. The van der Waals surface area contributed by atoms with Gasteiger partial charge in [-0.05, 0) is 63.5 Å². The van der Waals surface area contributed by atoms with E-state index in [1.54, 1.807) is 18.2 Å². The number of phenolic OH excluding ortho intramolecular Hbond substituents is 1. The number of ether oxygens (including phenoxy) is 1. The van der Waals surface area contributed by atoms with Crippen molar-refractivity contribution in [1.29, 1.82) is 0 Å². The third-order valence-corrected chi connectivity index (χ3v) is 5.09. The van der Waals surface area contributed by atoms with Crippen LogP contribution in [0.3, 0.4) is 0 Å². The molecule has 136 valence electrons. The third kappa shape index (κ3) is 3.03. The van der Waals surface area contributed by atoms with E-state index in [2.05, 4.69) is 4.90 Å². The number of hydrogen-bond donors (Lipinski definition) is 1. The first-order valence-corrected chi connectivity index (χ1v) is 9.11. The third-order valence-electron chi connectivity index (χ3n) is 5.09. The van der Waals surface area contributed by atoms with Crippen LogP contribution in [0.4, 0.5) is 0 Å². The molecule has 2 aromatic rings. The zero-order valence-electron chi connectivity index (χ0n) is 15.2. The maximum atomic E-state index is 12.9. The molecule has 1 aromatic carbocycles. The first-order valence-electron chi connectivity index (χ1n) is 9.11. The number of likely N-dealkylation sites (tertiary alicyclic amines) is 1.